The SMILES string of the molecule is CCN(CC)S(=O)(=O)c1cc([N+](=O)[O-])ccc1NNC(=S)Nc1ccc(C)c(Cl)c1. The molecule has 0 aliphatic heterocycles. The molecule has 0 aliphatic carbocycles. The van der Waals surface area contributed by atoms with Crippen LogP contribution in [0.5, 0.6) is 0 Å². The van der Waals surface area contributed by atoms with Gasteiger partial charge in [0.25, 0.3) is 5.69 Å². The fourth-order valence-corrected chi connectivity index (χ4v) is 4.58. The van der Waals surface area contributed by atoms with Gasteiger partial charge in [-0.2, -0.15) is 4.31 Å². The van der Waals surface area contributed by atoms with Gasteiger partial charge in [-0.1, -0.05) is 31.5 Å². The molecule has 2 rings (SSSR count). The van der Waals surface area contributed by atoms with E-state index in [1.165, 1.54) is 16.4 Å². The summed E-state index contributed by atoms with van der Waals surface area (Å²) in [7, 11) is -3.96. The van der Waals surface area contributed by atoms with Crippen molar-refractivity contribution in [1.29, 1.82) is 0 Å². The predicted octanol–water partition coefficient (Wildman–Crippen LogP) is 3.90. The maximum atomic E-state index is 13.0. The van der Waals surface area contributed by atoms with Gasteiger partial charge in [0, 0.05) is 35.9 Å². The van der Waals surface area contributed by atoms with Crippen LogP contribution in [0.25, 0.3) is 0 Å². The van der Waals surface area contributed by atoms with E-state index in [1.54, 1.807) is 26.0 Å². The van der Waals surface area contributed by atoms with Gasteiger partial charge < -0.3 is 5.32 Å². The summed E-state index contributed by atoms with van der Waals surface area (Å²) in [5, 5.41) is 14.8. The Kier molecular flexibility index (Phi) is 7.96. The van der Waals surface area contributed by atoms with Crippen LogP contribution in [-0.4, -0.2) is 35.8 Å². The number of hydrogen-bond acceptors (Lipinski definition) is 6. The molecular formula is C18H22ClN5O4S2. The van der Waals surface area contributed by atoms with Crippen molar-refractivity contribution < 1.29 is 13.3 Å². The Bertz CT molecular complexity index is 1060. The molecule has 0 atom stereocenters. The van der Waals surface area contributed by atoms with Crippen molar-refractivity contribution >= 4 is 56.0 Å². The number of nitrogens with one attached hydrogen (secondary N) is 3. The van der Waals surface area contributed by atoms with E-state index < -0.39 is 14.9 Å². The van der Waals surface area contributed by atoms with Crippen molar-refractivity contribution in [1.82, 2.24) is 9.73 Å². The van der Waals surface area contributed by atoms with Gasteiger partial charge in [0.2, 0.25) is 10.0 Å². The Morgan fingerprint density at radius 2 is 1.87 bits per heavy atom. The number of nitro groups is 1. The lowest BCUT2D eigenvalue weighted by Crippen LogP contribution is -2.35. The van der Waals surface area contributed by atoms with Crippen LogP contribution < -0.4 is 16.2 Å². The summed E-state index contributed by atoms with van der Waals surface area (Å²) in [5.41, 5.74) is 6.76. The molecule has 0 radical (unpaired) electrons. The first kappa shape index (κ1) is 23.8. The van der Waals surface area contributed by atoms with E-state index in [2.05, 4.69) is 16.2 Å². The summed E-state index contributed by atoms with van der Waals surface area (Å²) in [6.45, 7) is 5.70. The largest absolute Gasteiger partial charge is 0.331 e. The Balaban J connectivity index is 2.27. The number of halogens is 1. The van der Waals surface area contributed by atoms with Gasteiger partial charge in [0.15, 0.2) is 5.11 Å². The van der Waals surface area contributed by atoms with E-state index in [4.69, 9.17) is 23.8 Å². The molecule has 0 amide bonds. The average molecular weight is 472 g/mol. The lowest BCUT2D eigenvalue weighted by molar-refractivity contribution is -0.385. The number of thiocarbonyl (C=S) groups is 1. The molecule has 9 nitrogen and oxygen atoms in total. The van der Waals surface area contributed by atoms with Crippen molar-refractivity contribution in [2.24, 2.45) is 0 Å². The molecule has 0 aromatic heterocycles. The van der Waals surface area contributed by atoms with Gasteiger partial charge in [-0.05, 0) is 42.9 Å². The van der Waals surface area contributed by atoms with Gasteiger partial charge >= 0.3 is 0 Å². The van der Waals surface area contributed by atoms with Gasteiger partial charge in [-0.3, -0.25) is 21.0 Å². The van der Waals surface area contributed by atoms with Crippen LogP contribution in [0.1, 0.15) is 19.4 Å². The second-order valence-electron chi connectivity index (χ2n) is 6.19. The third-order valence-electron chi connectivity index (χ3n) is 4.24. The number of rotatable bonds is 8. The molecule has 12 heteroatoms. The Hall–Kier alpha value is -2.47. The second-order valence-corrected chi connectivity index (χ2v) is 8.92. The molecule has 0 aliphatic rings. The molecule has 0 unspecified atom stereocenters. The van der Waals surface area contributed by atoms with E-state index in [0.29, 0.717) is 10.7 Å². The average Bonchev–Trinajstić information content (AvgIpc) is 2.69. The maximum Gasteiger partial charge on any atom is 0.270 e. The normalized spacial score (nSPS) is 11.2. The number of hydrazine groups is 1. The summed E-state index contributed by atoms with van der Waals surface area (Å²) < 4.78 is 27.1. The summed E-state index contributed by atoms with van der Waals surface area (Å²) in [5.74, 6) is 0. The number of hydrogen-bond donors (Lipinski definition) is 3. The molecule has 0 saturated carbocycles. The zero-order valence-corrected chi connectivity index (χ0v) is 19.0. The molecule has 2 aromatic carbocycles. The van der Waals surface area contributed by atoms with Gasteiger partial charge in [0.05, 0.1) is 10.6 Å². The van der Waals surface area contributed by atoms with Crippen molar-refractivity contribution in [3.63, 3.8) is 0 Å². The number of non-ortho nitro benzene ring substituents is 1. The number of aryl methyl sites for hydroxylation is 1. The number of benzene rings is 2. The third-order valence-corrected chi connectivity index (χ3v) is 6.94. The highest BCUT2D eigenvalue weighted by Crippen LogP contribution is 2.28. The lowest BCUT2D eigenvalue weighted by atomic mass is 10.2. The van der Waals surface area contributed by atoms with Crippen LogP contribution in [0.3, 0.4) is 0 Å². The topological polar surface area (TPSA) is 117 Å². The Labute approximate surface area is 185 Å². The molecule has 3 N–H and O–H groups in total. The maximum absolute atomic E-state index is 13.0. The summed E-state index contributed by atoms with van der Waals surface area (Å²) >= 11 is 11.3. The first-order chi connectivity index (χ1) is 14.1. The minimum Gasteiger partial charge on any atom is -0.331 e. The molecule has 0 bridgehead atoms. The van der Waals surface area contributed by atoms with E-state index in [1.807, 2.05) is 13.0 Å². The Morgan fingerprint density at radius 3 is 2.43 bits per heavy atom. The molecule has 0 saturated heterocycles. The van der Waals surface area contributed by atoms with Crippen molar-refractivity contribution in [2.45, 2.75) is 25.7 Å². The van der Waals surface area contributed by atoms with E-state index in [9.17, 15) is 18.5 Å². The van der Waals surface area contributed by atoms with Crippen molar-refractivity contribution in [2.75, 3.05) is 23.8 Å². The minimum absolute atomic E-state index is 0.124. The van der Waals surface area contributed by atoms with Crippen LogP contribution >= 0.6 is 23.8 Å². The van der Waals surface area contributed by atoms with E-state index >= 15 is 0 Å². The lowest BCUT2D eigenvalue weighted by Gasteiger charge is -2.21. The standard InChI is InChI=1S/C18H22ClN5O4S2/c1-4-23(5-2)30(27,28)17-11-14(24(25)26)8-9-16(17)21-22-18(29)20-13-7-6-12(3)15(19)10-13/h6-11,21H,4-5H2,1-3H3,(H2,20,22,29). The third kappa shape index (κ3) is 5.57. The molecule has 30 heavy (non-hydrogen) atoms. The second kappa shape index (κ2) is 10.0. The van der Waals surface area contributed by atoms with Crippen molar-refractivity contribution in [3.05, 3.63) is 57.1 Å². The van der Waals surface area contributed by atoms with E-state index in [0.717, 1.165) is 11.6 Å². The molecular weight excluding hydrogens is 450 g/mol. The predicted molar refractivity (Wildman–Crippen MR) is 122 cm³/mol. The van der Waals surface area contributed by atoms with Crippen LogP contribution in [0.15, 0.2) is 41.3 Å². The van der Waals surface area contributed by atoms with Crippen LogP contribution in [0.4, 0.5) is 17.1 Å². The first-order valence-corrected chi connectivity index (χ1v) is 11.2. The smallest absolute Gasteiger partial charge is 0.270 e. The molecule has 2 aromatic rings. The van der Waals surface area contributed by atoms with Crippen LogP contribution in [-0.2, 0) is 10.0 Å². The number of anilines is 2. The number of nitrogens with zero attached hydrogens (tertiary/aromatic N) is 2. The molecule has 0 fully saturated rings. The first-order valence-electron chi connectivity index (χ1n) is 8.97. The quantitative estimate of drug-likeness (QED) is 0.301. The Morgan fingerprint density at radius 1 is 1.20 bits per heavy atom. The molecule has 0 spiro atoms. The number of sulfonamides is 1. The van der Waals surface area contributed by atoms with Gasteiger partial charge in [0.1, 0.15) is 4.90 Å². The highest BCUT2D eigenvalue weighted by atomic mass is 35.5. The van der Waals surface area contributed by atoms with Crippen LogP contribution in [0, 0.1) is 17.0 Å². The summed E-state index contributed by atoms with van der Waals surface area (Å²) in [4.78, 5) is 10.3. The monoisotopic (exact) mass is 471 g/mol. The summed E-state index contributed by atoms with van der Waals surface area (Å²) in [6, 6.07) is 8.86. The zero-order chi connectivity index (χ0) is 22.5. The fraction of sp³-hybridized carbons (Fsp3) is 0.278. The minimum atomic E-state index is -3.96. The van der Waals surface area contributed by atoms with Gasteiger partial charge in [-0.25, -0.2) is 8.42 Å². The van der Waals surface area contributed by atoms with E-state index in [-0.39, 0.29) is 34.5 Å². The zero-order valence-electron chi connectivity index (χ0n) is 16.6. The molecule has 0 heterocycles. The van der Waals surface area contributed by atoms with Gasteiger partial charge in [-0.15, -0.1) is 0 Å². The highest BCUT2D eigenvalue weighted by Gasteiger charge is 2.27. The fourth-order valence-electron chi connectivity index (χ4n) is 2.60. The summed E-state index contributed by atoms with van der Waals surface area (Å²) in [6.07, 6.45) is 0. The number of nitro benzene ring substituents is 1. The van der Waals surface area contributed by atoms with Crippen molar-refractivity contribution in [3.8, 4) is 0 Å². The highest BCUT2D eigenvalue weighted by molar-refractivity contribution is 7.89. The molecule has 162 valence electrons. The van der Waals surface area contributed by atoms with Crippen LogP contribution in [0.2, 0.25) is 5.02 Å².